The zero-order chi connectivity index (χ0) is 24.3. The lowest BCUT2D eigenvalue weighted by Gasteiger charge is -2.38. The molecule has 182 valence electrons. The van der Waals surface area contributed by atoms with Crippen LogP contribution in [0.2, 0.25) is 0 Å². The average Bonchev–Trinajstić information content (AvgIpc) is 3.18. The van der Waals surface area contributed by atoms with E-state index in [1.807, 2.05) is 30.3 Å². The van der Waals surface area contributed by atoms with E-state index in [0.29, 0.717) is 23.8 Å². The van der Waals surface area contributed by atoms with Crippen LogP contribution in [0.15, 0.2) is 47.4 Å². The molecule has 1 aliphatic rings. The van der Waals surface area contributed by atoms with Crippen molar-refractivity contribution in [3.8, 4) is 0 Å². The van der Waals surface area contributed by atoms with Crippen LogP contribution in [0, 0.1) is 0 Å². The molecule has 0 atom stereocenters. The van der Waals surface area contributed by atoms with Gasteiger partial charge in [0.2, 0.25) is 0 Å². The number of nitrogen functional groups attached to an aromatic ring is 1. The van der Waals surface area contributed by atoms with Crippen molar-refractivity contribution < 1.29 is 23.1 Å². The second kappa shape index (κ2) is 10.0. The quantitative estimate of drug-likeness (QED) is 0.354. The van der Waals surface area contributed by atoms with Gasteiger partial charge >= 0.3 is 6.18 Å². The third kappa shape index (κ3) is 6.13. The molecule has 1 amide bonds. The number of halogens is 3. The summed E-state index contributed by atoms with van der Waals surface area (Å²) >= 11 is 2.85. The van der Waals surface area contributed by atoms with Crippen LogP contribution in [0.4, 0.5) is 24.0 Å². The number of aromatic nitrogens is 1. The third-order valence-electron chi connectivity index (χ3n) is 5.89. The Morgan fingerprint density at radius 3 is 2.59 bits per heavy atom. The van der Waals surface area contributed by atoms with Crippen molar-refractivity contribution in [2.45, 2.75) is 48.8 Å². The number of aliphatic hydroxyl groups is 1. The molecule has 11 heteroatoms. The van der Waals surface area contributed by atoms with Crippen LogP contribution in [0.3, 0.4) is 0 Å². The molecule has 0 aliphatic carbocycles. The number of nitrogens with one attached hydrogen (secondary N) is 1. The van der Waals surface area contributed by atoms with E-state index in [1.54, 1.807) is 17.0 Å². The minimum absolute atomic E-state index is 0.0911. The molecular weight excluding hydrogens is 485 g/mol. The Kier molecular flexibility index (Phi) is 7.25. The smallest absolute Gasteiger partial charge is 0.389 e. The van der Waals surface area contributed by atoms with Crippen molar-refractivity contribution in [2.24, 2.45) is 0 Å². The molecule has 2 aromatic carbocycles. The van der Waals surface area contributed by atoms with E-state index in [-0.39, 0.29) is 31.6 Å². The molecule has 1 fully saturated rings. The van der Waals surface area contributed by atoms with Crippen LogP contribution in [-0.2, 0) is 0 Å². The lowest BCUT2D eigenvalue weighted by Crippen LogP contribution is -2.46. The van der Waals surface area contributed by atoms with Gasteiger partial charge in [0.1, 0.15) is 0 Å². The molecule has 1 aromatic heterocycles. The summed E-state index contributed by atoms with van der Waals surface area (Å²) in [6.45, 7) is 0.635. The van der Waals surface area contributed by atoms with Gasteiger partial charge in [0.05, 0.1) is 20.7 Å². The minimum Gasteiger partial charge on any atom is -0.390 e. The summed E-state index contributed by atoms with van der Waals surface area (Å²) in [5.74, 6) is -0.153. The van der Waals surface area contributed by atoms with Gasteiger partial charge in [-0.2, -0.15) is 13.2 Å². The lowest BCUT2D eigenvalue weighted by molar-refractivity contribution is -0.138. The molecule has 34 heavy (non-hydrogen) atoms. The normalized spacial score (nSPS) is 16.1. The number of rotatable bonds is 7. The van der Waals surface area contributed by atoms with Gasteiger partial charge in [-0.3, -0.25) is 4.79 Å². The van der Waals surface area contributed by atoms with Gasteiger partial charge in [-0.15, -0.1) is 0 Å². The fourth-order valence-corrected chi connectivity index (χ4v) is 5.58. The number of nitrogens with zero attached hydrogens (tertiary/aromatic N) is 2. The fourth-order valence-electron chi connectivity index (χ4n) is 3.99. The van der Waals surface area contributed by atoms with Gasteiger partial charge in [-0.1, -0.05) is 17.4 Å². The number of piperidine rings is 1. The molecule has 1 aliphatic heterocycles. The van der Waals surface area contributed by atoms with E-state index < -0.39 is 18.2 Å². The van der Waals surface area contributed by atoms with E-state index in [1.165, 1.54) is 23.3 Å². The molecule has 4 N–H and O–H groups in total. The first kappa shape index (κ1) is 24.6. The maximum atomic E-state index is 12.8. The van der Waals surface area contributed by atoms with Crippen LogP contribution in [0.5, 0.6) is 0 Å². The molecule has 0 radical (unpaired) electrons. The number of amides is 1. The maximum absolute atomic E-state index is 12.8. The zero-order valence-electron chi connectivity index (χ0n) is 18.3. The average molecular weight is 511 g/mol. The number of hydrogen-bond acceptors (Lipinski definition) is 7. The molecular formula is C23H25F3N4O2S2. The Labute approximate surface area is 203 Å². The van der Waals surface area contributed by atoms with Crippen LogP contribution in [0.25, 0.3) is 10.2 Å². The minimum atomic E-state index is -4.21. The maximum Gasteiger partial charge on any atom is 0.389 e. The van der Waals surface area contributed by atoms with E-state index in [4.69, 9.17) is 5.73 Å². The number of fused-ring (bicyclic) bond motifs is 1. The van der Waals surface area contributed by atoms with Crippen molar-refractivity contribution in [1.29, 1.82) is 0 Å². The molecule has 4 rings (SSSR count). The Balaban J connectivity index is 1.29. The van der Waals surface area contributed by atoms with Crippen molar-refractivity contribution in [3.63, 3.8) is 0 Å². The SMILES string of the molecule is Nc1nc2c(SNc3ccc(C(=O)N4CCC(O)(CCCC(F)(F)F)CC4)cc3)cccc2s1. The standard InChI is InChI=1S/C23H25F3N4O2S2/c24-23(25,26)10-2-9-22(32)11-13-30(14-12-22)20(31)15-5-7-16(8-6-15)29-34-18-4-1-3-17-19(18)28-21(27)33-17/h1,3-8,29,32H,2,9-14H2,(H2,27,28). The number of alkyl halides is 3. The van der Waals surface area contributed by atoms with Crippen molar-refractivity contribution in [2.75, 3.05) is 23.5 Å². The Hall–Kier alpha value is -2.50. The molecule has 0 unspecified atom stereocenters. The van der Waals surface area contributed by atoms with Crippen molar-refractivity contribution >= 4 is 50.2 Å². The monoisotopic (exact) mass is 510 g/mol. The van der Waals surface area contributed by atoms with Gasteiger partial charge in [0, 0.05) is 30.8 Å². The van der Waals surface area contributed by atoms with E-state index in [9.17, 15) is 23.1 Å². The second-order valence-electron chi connectivity index (χ2n) is 8.42. The Bertz CT molecular complexity index is 1140. The van der Waals surface area contributed by atoms with E-state index in [2.05, 4.69) is 9.71 Å². The van der Waals surface area contributed by atoms with Crippen molar-refractivity contribution in [3.05, 3.63) is 48.0 Å². The highest BCUT2D eigenvalue weighted by Gasteiger charge is 2.35. The predicted octanol–water partition coefficient (Wildman–Crippen LogP) is 5.70. The number of carbonyl (C=O) groups is 1. The summed E-state index contributed by atoms with van der Waals surface area (Å²) < 4.78 is 41.4. The van der Waals surface area contributed by atoms with Gasteiger partial charge in [0.15, 0.2) is 5.13 Å². The summed E-state index contributed by atoms with van der Waals surface area (Å²) in [7, 11) is 0. The topological polar surface area (TPSA) is 91.5 Å². The summed E-state index contributed by atoms with van der Waals surface area (Å²) in [4.78, 5) is 19.8. The summed E-state index contributed by atoms with van der Waals surface area (Å²) in [5, 5.41) is 11.1. The molecule has 0 saturated carbocycles. The molecule has 3 aromatic rings. The zero-order valence-corrected chi connectivity index (χ0v) is 19.9. The van der Waals surface area contributed by atoms with Crippen LogP contribution in [-0.4, -0.2) is 45.8 Å². The number of benzene rings is 2. The largest absolute Gasteiger partial charge is 0.390 e. The van der Waals surface area contributed by atoms with E-state index in [0.717, 1.165) is 20.8 Å². The van der Waals surface area contributed by atoms with E-state index >= 15 is 0 Å². The number of carbonyl (C=O) groups excluding carboxylic acids is 1. The number of nitrogens with two attached hydrogens (primary N) is 1. The van der Waals surface area contributed by atoms with Gasteiger partial charge in [-0.25, -0.2) is 4.98 Å². The predicted molar refractivity (Wildman–Crippen MR) is 130 cm³/mol. The molecule has 0 bridgehead atoms. The lowest BCUT2D eigenvalue weighted by atomic mass is 9.86. The molecule has 0 spiro atoms. The first-order chi connectivity index (χ1) is 16.1. The summed E-state index contributed by atoms with van der Waals surface area (Å²) in [6, 6.07) is 13.0. The Morgan fingerprint density at radius 1 is 1.21 bits per heavy atom. The highest BCUT2D eigenvalue weighted by atomic mass is 32.2. The van der Waals surface area contributed by atoms with Crippen LogP contribution < -0.4 is 10.5 Å². The summed E-state index contributed by atoms with van der Waals surface area (Å²) in [5.41, 5.74) is 6.86. The Morgan fingerprint density at radius 2 is 1.91 bits per heavy atom. The van der Waals surface area contributed by atoms with Crippen LogP contribution in [0.1, 0.15) is 42.5 Å². The molecule has 6 nitrogen and oxygen atoms in total. The highest BCUT2D eigenvalue weighted by Crippen LogP contribution is 2.33. The number of anilines is 2. The van der Waals surface area contributed by atoms with Gasteiger partial charge in [0.25, 0.3) is 5.91 Å². The highest BCUT2D eigenvalue weighted by molar-refractivity contribution is 8.00. The van der Waals surface area contributed by atoms with Crippen LogP contribution >= 0.6 is 23.3 Å². The number of para-hydroxylation sites is 1. The second-order valence-corrected chi connectivity index (χ2v) is 10.3. The molecule has 2 heterocycles. The van der Waals surface area contributed by atoms with Gasteiger partial charge < -0.3 is 20.5 Å². The third-order valence-corrected chi connectivity index (χ3v) is 7.63. The summed E-state index contributed by atoms with van der Waals surface area (Å²) in [6.07, 6.45) is -4.57. The first-order valence-electron chi connectivity index (χ1n) is 10.9. The fraction of sp³-hybridized carbons (Fsp3) is 0.391. The van der Waals surface area contributed by atoms with Crippen molar-refractivity contribution in [1.82, 2.24) is 9.88 Å². The number of hydrogen-bond donors (Lipinski definition) is 3. The molecule has 1 saturated heterocycles. The number of thiazole rings is 1. The first-order valence-corrected chi connectivity index (χ1v) is 12.5. The number of likely N-dealkylation sites (tertiary alicyclic amines) is 1. The van der Waals surface area contributed by atoms with Gasteiger partial charge in [-0.05, 0) is 74.0 Å².